The number of aromatic nitrogens is 2. The minimum Gasteiger partial charge on any atom is -0.303 e. The quantitative estimate of drug-likeness (QED) is 0.895. The van der Waals surface area contributed by atoms with Gasteiger partial charge < -0.3 is 5.32 Å². The Hall–Kier alpha value is -1.13. The van der Waals surface area contributed by atoms with E-state index in [0.29, 0.717) is 12.1 Å². The summed E-state index contributed by atoms with van der Waals surface area (Å²) in [5.74, 6) is 0. The average Bonchev–Trinajstić information content (AvgIpc) is 2.95. The smallest absolute Gasteiger partial charge is 0.0537 e. The van der Waals surface area contributed by atoms with Gasteiger partial charge in [0.1, 0.15) is 0 Å². The zero-order chi connectivity index (χ0) is 14.0. The predicted octanol–water partition coefficient (Wildman–Crippen LogP) is 3.99. The summed E-state index contributed by atoms with van der Waals surface area (Å²) in [7, 11) is 0. The Balaban J connectivity index is 2.06. The maximum Gasteiger partial charge on any atom is 0.0537 e. The molecule has 0 fully saturated rings. The fraction of sp³-hybridized carbons (Fsp3) is 0.533. The third-order valence-electron chi connectivity index (χ3n) is 3.52. The van der Waals surface area contributed by atoms with E-state index in [1.807, 2.05) is 22.2 Å². The molecule has 4 heteroatoms. The lowest BCUT2D eigenvalue weighted by Gasteiger charge is -2.19. The van der Waals surface area contributed by atoms with Crippen molar-refractivity contribution in [1.29, 1.82) is 0 Å². The number of rotatable bonds is 5. The summed E-state index contributed by atoms with van der Waals surface area (Å²) >= 11 is 1.87. The number of hydrogen-bond donors (Lipinski definition) is 1. The van der Waals surface area contributed by atoms with E-state index in [4.69, 9.17) is 0 Å². The van der Waals surface area contributed by atoms with Gasteiger partial charge in [0.05, 0.1) is 6.20 Å². The Bertz CT molecular complexity index is 541. The molecule has 0 amide bonds. The number of nitrogens with one attached hydrogen (secondary N) is 1. The van der Waals surface area contributed by atoms with Crippen molar-refractivity contribution in [3.05, 3.63) is 39.3 Å². The second-order valence-electron chi connectivity index (χ2n) is 5.11. The molecule has 1 N–H and O–H groups in total. The number of thiophene rings is 1. The van der Waals surface area contributed by atoms with Gasteiger partial charge in [-0.2, -0.15) is 5.10 Å². The van der Waals surface area contributed by atoms with E-state index in [9.17, 15) is 0 Å². The Kier molecular flexibility index (Phi) is 4.42. The molecule has 0 radical (unpaired) electrons. The molecule has 0 spiro atoms. The van der Waals surface area contributed by atoms with Crippen LogP contribution in [-0.4, -0.2) is 9.78 Å². The molecule has 0 aliphatic rings. The van der Waals surface area contributed by atoms with E-state index in [1.165, 1.54) is 20.9 Å². The summed E-state index contributed by atoms with van der Waals surface area (Å²) in [6.07, 6.45) is 4.08. The highest BCUT2D eigenvalue weighted by Gasteiger charge is 2.15. The third kappa shape index (κ3) is 3.25. The van der Waals surface area contributed by atoms with Crippen molar-refractivity contribution >= 4 is 11.3 Å². The topological polar surface area (TPSA) is 29.9 Å². The highest BCUT2D eigenvalue weighted by Crippen LogP contribution is 2.27. The van der Waals surface area contributed by atoms with Crippen LogP contribution >= 0.6 is 11.3 Å². The van der Waals surface area contributed by atoms with E-state index >= 15 is 0 Å². The van der Waals surface area contributed by atoms with Crippen molar-refractivity contribution in [2.24, 2.45) is 0 Å². The van der Waals surface area contributed by atoms with Crippen molar-refractivity contribution in [3.8, 4) is 0 Å². The molecule has 3 nitrogen and oxygen atoms in total. The van der Waals surface area contributed by atoms with Crippen LogP contribution in [0.2, 0.25) is 0 Å². The molecule has 0 aliphatic carbocycles. The van der Waals surface area contributed by atoms with Gasteiger partial charge in [-0.05, 0) is 46.2 Å². The van der Waals surface area contributed by atoms with Gasteiger partial charge in [0.25, 0.3) is 0 Å². The molecule has 0 aliphatic heterocycles. The first-order chi connectivity index (χ1) is 9.01. The lowest BCUT2D eigenvalue weighted by atomic mass is 10.1. The first kappa shape index (κ1) is 14.3. The number of aryl methyl sites for hydroxylation is 3. The molecule has 2 aromatic heterocycles. The van der Waals surface area contributed by atoms with Gasteiger partial charge >= 0.3 is 0 Å². The van der Waals surface area contributed by atoms with E-state index in [2.05, 4.69) is 57.3 Å². The molecule has 0 bridgehead atoms. The molecule has 104 valence electrons. The van der Waals surface area contributed by atoms with Crippen LogP contribution in [-0.2, 0) is 6.54 Å². The molecule has 0 saturated carbocycles. The summed E-state index contributed by atoms with van der Waals surface area (Å²) in [5, 5.41) is 7.99. The number of hydrogen-bond acceptors (Lipinski definition) is 3. The van der Waals surface area contributed by atoms with Gasteiger partial charge in [0.15, 0.2) is 0 Å². The van der Waals surface area contributed by atoms with Crippen molar-refractivity contribution in [2.75, 3.05) is 0 Å². The van der Waals surface area contributed by atoms with Gasteiger partial charge in [-0.3, -0.25) is 4.68 Å². The molecule has 0 saturated heterocycles. The molecule has 19 heavy (non-hydrogen) atoms. The summed E-state index contributed by atoms with van der Waals surface area (Å²) in [6, 6.07) is 2.97. The minimum absolute atomic E-state index is 0.315. The number of nitrogens with zero attached hydrogens (tertiary/aromatic N) is 2. The van der Waals surface area contributed by atoms with Gasteiger partial charge in [-0.25, -0.2) is 0 Å². The summed E-state index contributed by atoms with van der Waals surface area (Å²) in [4.78, 5) is 2.79. The monoisotopic (exact) mass is 277 g/mol. The summed E-state index contributed by atoms with van der Waals surface area (Å²) in [6.45, 7) is 11.8. The fourth-order valence-electron chi connectivity index (χ4n) is 2.42. The van der Waals surface area contributed by atoms with E-state index in [-0.39, 0.29) is 0 Å². The highest BCUT2D eigenvalue weighted by atomic mass is 32.1. The molecule has 2 unspecified atom stereocenters. The fourth-order valence-corrected chi connectivity index (χ4v) is 3.44. The van der Waals surface area contributed by atoms with Crippen LogP contribution in [0.15, 0.2) is 18.5 Å². The second-order valence-corrected chi connectivity index (χ2v) is 6.57. The van der Waals surface area contributed by atoms with E-state index < -0.39 is 0 Å². The average molecular weight is 277 g/mol. The molecular formula is C15H23N3S. The SMILES string of the molecule is CCn1cc(C(C)NC(C)c2cc(C)sc2C)cn1. The van der Waals surface area contributed by atoms with Gasteiger partial charge in [-0.1, -0.05) is 0 Å². The van der Waals surface area contributed by atoms with E-state index in [0.717, 1.165) is 6.54 Å². The van der Waals surface area contributed by atoms with Crippen molar-refractivity contribution in [1.82, 2.24) is 15.1 Å². The normalized spacial score (nSPS) is 14.6. The molecule has 0 aromatic carbocycles. The maximum atomic E-state index is 4.34. The Morgan fingerprint density at radius 3 is 2.58 bits per heavy atom. The van der Waals surface area contributed by atoms with Crippen LogP contribution in [0.25, 0.3) is 0 Å². The third-order valence-corrected chi connectivity index (χ3v) is 4.50. The van der Waals surface area contributed by atoms with Crippen LogP contribution in [0.1, 0.15) is 53.7 Å². The van der Waals surface area contributed by atoms with Crippen molar-refractivity contribution in [2.45, 2.75) is 53.2 Å². The lowest BCUT2D eigenvalue weighted by molar-refractivity contribution is 0.493. The summed E-state index contributed by atoms with van der Waals surface area (Å²) in [5.41, 5.74) is 2.66. The predicted molar refractivity (Wildman–Crippen MR) is 81.7 cm³/mol. The summed E-state index contributed by atoms with van der Waals surface area (Å²) < 4.78 is 1.97. The Morgan fingerprint density at radius 2 is 2.05 bits per heavy atom. The Morgan fingerprint density at radius 1 is 1.32 bits per heavy atom. The zero-order valence-corrected chi connectivity index (χ0v) is 13.2. The highest BCUT2D eigenvalue weighted by molar-refractivity contribution is 7.12. The molecule has 2 heterocycles. The van der Waals surface area contributed by atoms with Crippen LogP contribution in [0.5, 0.6) is 0 Å². The molecule has 2 atom stereocenters. The van der Waals surface area contributed by atoms with Gasteiger partial charge in [0, 0.05) is 40.1 Å². The minimum atomic E-state index is 0.315. The first-order valence-corrected chi connectivity index (χ1v) is 7.68. The maximum absolute atomic E-state index is 4.34. The standard InChI is InChI=1S/C15H23N3S/c1-6-18-9-14(8-16-18)11(3)17-12(4)15-7-10(2)19-13(15)5/h7-9,11-12,17H,6H2,1-5H3. The molecule has 2 rings (SSSR count). The van der Waals surface area contributed by atoms with Crippen molar-refractivity contribution < 1.29 is 0 Å². The van der Waals surface area contributed by atoms with Crippen LogP contribution < -0.4 is 5.32 Å². The van der Waals surface area contributed by atoms with E-state index in [1.54, 1.807) is 0 Å². The van der Waals surface area contributed by atoms with Crippen LogP contribution in [0.4, 0.5) is 0 Å². The van der Waals surface area contributed by atoms with Crippen LogP contribution in [0, 0.1) is 13.8 Å². The zero-order valence-electron chi connectivity index (χ0n) is 12.4. The Labute approximate surface area is 119 Å². The molecule has 2 aromatic rings. The van der Waals surface area contributed by atoms with Crippen molar-refractivity contribution in [3.63, 3.8) is 0 Å². The second kappa shape index (κ2) is 5.88. The van der Waals surface area contributed by atoms with Gasteiger partial charge in [-0.15, -0.1) is 11.3 Å². The van der Waals surface area contributed by atoms with Crippen LogP contribution in [0.3, 0.4) is 0 Å². The lowest BCUT2D eigenvalue weighted by Crippen LogP contribution is -2.22. The first-order valence-electron chi connectivity index (χ1n) is 6.86. The van der Waals surface area contributed by atoms with Gasteiger partial charge in [0.2, 0.25) is 0 Å². The molecular weight excluding hydrogens is 254 g/mol. The largest absolute Gasteiger partial charge is 0.303 e.